The molecular weight excluding hydrogens is 574 g/mol. The van der Waals surface area contributed by atoms with Crippen LogP contribution in [-0.2, 0) is 15.8 Å². The van der Waals surface area contributed by atoms with E-state index in [9.17, 15) is 32.4 Å². The van der Waals surface area contributed by atoms with Gasteiger partial charge in [-0.25, -0.2) is 4.39 Å². The van der Waals surface area contributed by atoms with E-state index in [1.165, 1.54) is 55.7 Å². The number of anilines is 2. The molecule has 2 N–H and O–H groups in total. The molecule has 12 heteroatoms. The highest BCUT2D eigenvalue weighted by molar-refractivity contribution is 9.10. The maximum Gasteiger partial charge on any atom is 0.416 e. The van der Waals surface area contributed by atoms with Crippen LogP contribution in [0.5, 0.6) is 11.5 Å². The highest BCUT2D eigenvalue weighted by atomic mass is 79.9. The van der Waals surface area contributed by atoms with Gasteiger partial charge in [0, 0.05) is 11.4 Å². The lowest BCUT2D eigenvalue weighted by Crippen LogP contribution is -2.20. The molecule has 7 nitrogen and oxygen atoms in total. The fourth-order valence-electron chi connectivity index (χ4n) is 3.12. The van der Waals surface area contributed by atoms with Crippen LogP contribution in [-0.4, -0.2) is 25.5 Å². The molecule has 0 saturated carbocycles. The van der Waals surface area contributed by atoms with Gasteiger partial charge in [0.25, 0.3) is 11.8 Å². The minimum absolute atomic E-state index is 0.132. The number of hydrogen-bond donors (Lipinski definition) is 2. The number of nitrogens with zero attached hydrogens (tertiary/aromatic N) is 1. The van der Waals surface area contributed by atoms with Gasteiger partial charge in [-0.05, 0) is 82.2 Å². The summed E-state index contributed by atoms with van der Waals surface area (Å²) in [5.41, 5.74) is -0.768. The van der Waals surface area contributed by atoms with Gasteiger partial charge in [0.05, 0.1) is 17.1 Å². The Hall–Kier alpha value is -4.37. The summed E-state index contributed by atoms with van der Waals surface area (Å²) in [5, 5.41) is 14.3. The van der Waals surface area contributed by atoms with Crippen LogP contribution >= 0.6 is 15.9 Å². The van der Waals surface area contributed by atoms with Gasteiger partial charge in [-0.2, -0.15) is 18.4 Å². The van der Waals surface area contributed by atoms with Crippen LogP contribution in [0.15, 0.2) is 70.7 Å². The Bertz CT molecular complexity index is 1420. The number of benzene rings is 3. The lowest BCUT2D eigenvalue weighted by Gasteiger charge is -2.14. The lowest BCUT2D eigenvalue weighted by molar-refractivity contribution is -0.137. The number of carbonyl (C=O) groups excluding carboxylic acids is 2. The van der Waals surface area contributed by atoms with Crippen LogP contribution in [0.25, 0.3) is 6.08 Å². The Morgan fingerprint density at radius 1 is 1.05 bits per heavy atom. The molecule has 0 aliphatic rings. The highest BCUT2D eigenvalue weighted by Gasteiger charge is 2.30. The molecular formula is C26H18BrF4N3O4. The van der Waals surface area contributed by atoms with Crippen LogP contribution < -0.4 is 20.1 Å². The zero-order chi connectivity index (χ0) is 27.9. The molecule has 0 bridgehead atoms. The Kier molecular flexibility index (Phi) is 9.09. The summed E-state index contributed by atoms with van der Waals surface area (Å²) >= 11 is 3.30. The van der Waals surface area contributed by atoms with Crippen molar-refractivity contribution in [3.63, 3.8) is 0 Å². The monoisotopic (exact) mass is 591 g/mol. The predicted molar refractivity (Wildman–Crippen MR) is 135 cm³/mol. The zero-order valence-corrected chi connectivity index (χ0v) is 21.1. The molecule has 3 aromatic rings. The normalized spacial score (nSPS) is 11.3. The van der Waals surface area contributed by atoms with Gasteiger partial charge < -0.3 is 20.1 Å². The minimum Gasteiger partial charge on any atom is -0.493 e. The topological polar surface area (TPSA) is 100 Å². The van der Waals surface area contributed by atoms with E-state index in [0.29, 0.717) is 15.7 Å². The summed E-state index contributed by atoms with van der Waals surface area (Å²) in [6.45, 7) is -0.412. The summed E-state index contributed by atoms with van der Waals surface area (Å²) in [6.07, 6.45) is -3.38. The van der Waals surface area contributed by atoms with E-state index in [0.717, 1.165) is 18.2 Å². The third kappa shape index (κ3) is 7.57. The average molecular weight is 592 g/mol. The Balaban J connectivity index is 1.74. The number of alkyl halides is 3. The van der Waals surface area contributed by atoms with Gasteiger partial charge >= 0.3 is 6.18 Å². The van der Waals surface area contributed by atoms with E-state index in [1.54, 1.807) is 6.07 Å². The molecule has 0 unspecified atom stereocenters. The summed E-state index contributed by atoms with van der Waals surface area (Å²) in [7, 11) is 1.34. The Labute approximate surface area is 222 Å². The van der Waals surface area contributed by atoms with Crippen molar-refractivity contribution in [3.05, 3.63) is 87.7 Å². The quantitative estimate of drug-likeness (QED) is 0.185. The van der Waals surface area contributed by atoms with Crippen molar-refractivity contribution < 1.29 is 36.6 Å². The van der Waals surface area contributed by atoms with Crippen molar-refractivity contribution in [1.82, 2.24) is 0 Å². The van der Waals surface area contributed by atoms with Crippen LogP contribution in [0.1, 0.15) is 11.1 Å². The second-order valence-electron chi connectivity index (χ2n) is 7.58. The second-order valence-corrected chi connectivity index (χ2v) is 8.43. The van der Waals surface area contributed by atoms with Gasteiger partial charge in [-0.15, -0.1) is 0 Å². The minimum atomic E-state index is -4.59. The molecule has 2 amide bonds. The first kappa shape index (κ1) is 28.2. The molecule has 0 aliphatic carbocycles. The molecule has 0 fully saturated rings. The lowest BCUT2D eigenvalue weighted by atomic mass is 10.1. The van der Waals surface area contributed by atoms with E-state index < -0.39 is 36.0 Å². The van der Waals surface area contributed by atoms with Crippen LogP contribution in [0.3, 0.4) is 0 Å². The first-order valence-corrected chi connectivity index (χ1v) is 11.5. The van der Waals surface area contributed by atoms with Gasteiger partial charge in [-0.3, -0.25) is 9.59 Å². The smallest absolute Gasteiger partial charge is 0.416 e. The number of methoxy groups -OCH3 is 1. The Morgan fingerprint density at radius 3 is 2.39 bits per heavy atom. The molecule has 196 valence electrons. The zero-order valence-electron chi connectivity index (χ0n) is 19.5. The largest absolute Gasteiger partial charge is 0.493 e. The van der Waals surface area contributed by atoms with Gasteiger partial charge in [0.1, 0.15) is 17.5 Å². The number of amides is 2. The molecule has 0 aromatic heterocycles. The van der Waals surface area contributed by atoms with E-state index in [4.69, 9.17) is 9.47 Å². The van der Waals surface area contributed by atoms with E-state index in [-0.39, 0.29) is 22.8 Å². The van der Waals surface area contributed by atoms with Crippen LogP contribution in [0.2, 0.25) is 0 Å². The summed E-state index contributed by atoms with van der Waals surface area (Å²) in [5.74, 6) is -1.57. The first-order valence-electron chi connectivity index (χ1n) is 10.7. The van der Waals surface area contributed by atoms with Crippen molar-refractivity contribution in [2.45, 2.75) is 6.18 Å². The SMILES string of the molecule is COc1cc(/C=C(/C#N)C(=O)Nc2cccc(C(F)(F)F)c2)cc(Br)c1OCC(=O)Nc1ccc(F)cc1. The number of rotatable bonds is 8. The fourth-order valence-corrected chi connectivity index (χ4v) is 3.69. The van der Waals surface area contributed by atoms with Gasteiger partial charge in [0.2, 0.25) is 0 Å². The average Bonchev–Trinajstić information content (AvgIpc) is 2.87. The predicted octanol–water partition coefficient (Wildman–Crippen LogP) is 6.18. The molecule has 3 aromatic carbocycles. The number of carbonyl (C=O) groups is 2. The Morgan fingerprint density at radius 2 is 1.76 bits per heavy atom. The molecule has 0 atom stereocenters. The van der Waals surface area contributed by atoms with Crippen LogP contribution in [0.4, 0.5) is 28.9 Å². The maximum absolute atomic E-state index is 13.0. The van der Waals surface area contributed by atoms with Crippen molar-refractivity contribution in [1.29, 1.82) is 5.26 Å². The summed E-state index contributed by atoms with van der Waals surface area (Å²) in [4.78, 5) is 24.7. The number of ether oxygens (including phenoxy) is 2. The molecule has 0 aliphatic heterocycles. The third-order valence-electron chi connectivity index (χ3n) is 4.85. The summed E-state index contributed by atoms with van der Waals surface area (Å²) < 4.78 is 63.0. The molecule has 0 heterocycles. The van der Waals surface area contributed by atoms with Crippen molar-refractivity contribution in [2.75, 3.05) is 24.4 Å². The maximum atomic E-state index is 13.0. The third-order valence-corrected chi connectivity index (χ3v) is 5.44. The van der Waals surface area contributed by atoms with E-state index in [1.807, 2.05) is 0 Å². The highest BCUT2D eigenvalue weighted by Crippen LogP contribution is 2.37. The molecule has 0 radical (unpaired) electrons. The second kappa shape index (κ2) is 12.2. The van der Waals surface area contributed by atoms with Gasteiger partial charge in [0.15, 0.2) is 18.1 Å². The van der Waals surface area contributed by atoms with Crippen molar-refractivity contribution in [2.24, 2.45) is 0 Å². The summed E-state index contributed by atoms with van der Waals surface area (Å²) in [6, 6.07) is 13.8. The molecule has 0 saturated heterocycles. The van der Waals surface area contributed by atoms with Crippen molar-refractivity contribution >= 4 is 45.2 Å². The fraction of sp³-hybridized carbons (Fsp3) is 0.115. The number of halogens is 5. The van der Waals surface area contributed by atoms with Crippen LogP contribution in [0, 0.1) is 17.1 Å². The number of nitrogens with one attached hydrogen (secondary N) is 2. The van der Waals surface area contributed by atoms with E-state index in [2.05, 4.69) is 26.6 Å². The van der Waals surface area contributed by atoms with Gasteiger partial charge in [-0.1, -0.05) is 6.07 Å². The molecule has 3 rings (SSSR count). The van der Waals surface area contributed by atoms with Crippen molar-refractivity contribution in [3.8, 4) is 17.6 Å². The van der Waals surface area contributed by atoms with E-state index >= 15 is 0 Å². The number of nitriles is 1. The molecule has 38 heavy (non-hydrogen) atoms. The first-order chi connectivity index (χ1) is 18.0. The molecule has 0 spiro atoms. The standard InChI is InChI=1S/C26H18BrF4N3O4/c1-37-22-11-15(9-16(13-32)25(36)34-20-4-2-3-17(12-20)26(29,30)31)10-21(27)24(22)38-14-23(35)33-19-7-5-18(28)6-8-19/h2-12H,14H2,1H3,(H,33,35)(H,34,36)/b16-9-. The number of hydrogen-bond acceptors (Lipinski definition) is 5.